The second-order valence-corrected chi connectivity index (χ2v) is 15.9. The first-order valence-corrected chi connectivity index (χ1v) is 21.8. The highest BCUT2D eigenvalue weighted by Gasteiger charge is 2.43. The van der Waals surface area contributed by atoms with E-state index in [0.29, 0.717) is 6.42 Å². The molecule has 3 heterocycles. The molecule has 0 aliphatic carbocycles. The largest absolute Gasteiger partial charge is 0.392 e. The van der Waals surface area contributed by atoms with Gasteiger partial charge in [0.15, 0.2) is 6.29 Å². The van der Waals surface area contributed by atoms with Crippen molar-refractivity contribution in [2.75, 3.05) is 42.9 Å². The molecule has 3 aromatic carbocycles. The maximum atomic E-state index is 13.1. The first kappa shape index (κ1) is 42.5. The SMILES string of the molecule is CCCCCCCCCCCCCCCC(=O)Nc1cccc(C2OC(CN3CCN(c4ncccn4)CC3)C(c3ccccc3)C(c3ccc(CO)cc3)O2)c1. The van der Waals surface area contributed by atoms with Crippen LogP contribution in [0.2, 0.25) is 0 Å². The number of benzene rings is 3. The van der Waals surface area contributed by atoms with Crippen molar-refractivity contribution in [3.63, 3.8) is 0 Å². The Kier molecular flexibility index (Phi) is 17.4. The highest BCUT2D eigenvalue weighted by Crippen LogP contribution is 2.47. The van der Waals surface area contributed by atoms with Crippen LogP contribution in [0.5, 0.6) is 0 Å². The summed E-state index contributed by atoms with van der Waals surface area (Å²) in [7, 11) is 0. The van der Waals surface area contributed by atoms with Gasteiger partial charge in [0, 0.05) is 68.7 Å². The summed E-state index contributed by atoms with van der Waals surface area (Å²) in [6.45, 7) is 6.38. The predicted molar refractivity (Wildman–Crippen MR) is 229 cm³/mol. The molecule has 2 aliphatic rings. The van der Waals surface area contributed by atoms with E-state index in [4.69, 9.17) is 9.47 Å². The molecule has 1 aromatic heterocycles. The van der Waals surface area contributed by atoms with Gasteiger partial charge in [-0.25, -0.2) is 9.97 Å². The van der Waals surface area contributed by atoms with E-state index in [-0.39, 0.29) is 30.6 Å². The summed E-state index contributed by atoms with van der Waals surface area (Å²) in [5.41, 5.74) is 4.67. The number of hydrogen-bond donors (Lipinski definition) is 2. The van der Waals surface area contributed by atoms with Crippen molar-refractivity contribution >= 4 is 17.5 Å². The highest BCUT2D eigenvalue weighted by molar-refractivity contribution is 5.90. The molecule has 0 spiro atoms. The third kappa shape index (κ3) is 13.2. The Morgan fingerprint density at radius 1 is 0.702 bits per heavy atom. The highest BCUT2D eigenvalue weighted by atomic mass is 16.7. The van der Waals surface area contributed by atoms with Crippen LogP contribution in [0.15, 0.2) is 97.3 Å². The number of piperazine rings is 1. The predicted octanol–water partition coefficient (Wildman–Crippen LogP) is 10.1. The zero-order valence-electron chi connectivity index (χ0n) is 34.1. The number of rotatable bonds is 22. The van der Waals surface area contributed by atoms with E-state index >= 15 is 0 Å². The molecule has 57 heavy (non-hydrogen) atoms. The molecule has 306 valence electrons. The van der Waals surface area contributed by atoms with Gasteiger partial charge in [0.1, 0.15) is 0 Å². The molecular weight excluding hydrogens is 711 g/mol. The second kappa shape index (κ2) is 23.3. The third-order valence-corrected chi connectivity index (χ3v) is 11.6. The van der Waals surface area contributed by atoms with Crippen LogP contribution in [0.1, 0.15) is 137 Å². The van der Waals surface area contributed by atoms with E-state index in [1.54, 1.807) is 12.4 Å². The molecule has 2 fully saturated rings. The standard InChI is InChI=1S/C48H65N5O4/c1-2-3-4-5-6-7-8-9-10-11-12-13-17-24-44(55)51-42-23-18-22-41(35-42)47-56-43(36-52-31-33-53(34-32-52)48-49-29-19-30-50-48)45(39-20-15-14-16-21-39)46(57-47)40-27-25-38(37-54)26-28-40/h14-16,18-23,25-30,35,43,45-47,54H,2-13,17,24,31-34,36-37H2,1H3,(H,51,55). The van der Waals surface area contributed by atoms with Gasteiger partial charge >= 0.3 is 0 Å². The first-order chi connectivity index (χ1) is 28.1. The minimum atomic E-state index is -0.644. The van der Waals surface area contributed by atoms with Gasteiger partial charge in [0.2, 0.25) is 11.9 Å². The van der Waals surface area contributed by atoms with Crippen LogP contribution in [-0.2, 0) is 20.9 Å². The van der Waals surface area contributed by atoms with Crippen molar-refractivity contribution in [1.82, 2.24) is 14.9 Å². The van der Waals surface area contributed by atoms with Gasteiger partial charge in [0.25, 0.3) is 0 Å². The van der Waals surface area contributed by atoms with E-state index in [9.17, 15) is 9.90 Å². The number of anilines is 2. The van der Waals surface area contributed by atoms with Crippen LogP contribution in [-0.4, -0.2) is 64.7 Å². The molecule has 6 rings (SSSR count). The molecule has 2 saturated heterocycles. The average molecular weight is 776 g/mol. The Morgan fingerprint density at radius 3 is 1.98 bits per heavy atom. The summed E-state index contributed by atoms with van der Waals surface area (Å²) >= 11 is 0. The van der Waals surface area contributed by atoms with Crippen LogP contribution in [0.25, 0.3) is 0 Å². The number of aliphatic hydroxyl groups is 1. The van der Waals surface area contributed by atoms with Crippen molar-refractivity contribution in [3.8, 4) is 0 Å². The normalized spacial score (nSPS) is 20.1. The fraction of sp³-hybridized carbons (Fsp3) is 0.521. The lowest BCUT2D eigenvalue weighted by atomic mass is 9.83. The van der Waals surface area contributed by atoms with Crippen molar-refractivity contribution < 1.29 is 19.4 Å². The monoisotopic (exact) mass is 776 g/mol. The minimum Gasteiger partial charge on any atom is -0.392 e. The quantitative estimate of drug-likeness (QED) is 0.0762. The molecule has 4 atom stereocenters. The Morgan fingerprint density at radius 2 is 1.33 bits per heavy atom. The molecular formula is C48H65N5O4. The molecule has 2 N–H and O–H groups in total. The molecule has 4 aromatic rings. The number of nitrogens with zero attached hydrogens (tertiary/aromatic N) is 4. The van der Waals surface area contributed by atoms with Crippen molar-refractivity contribution in [2.45, 2.75) is 128 Å². The molecule has 9 heteroatoms. The summed E-state index contributed by atoms with van der Waals surface area (Å²) in [5, 5.41) is 13.0. The summed E-state index contributed by atoms with van der Waals surface area (Å²) in [6.07, 6.45) is 19.7. The van der Waals surface area contributed by atoms with Gasteiger partial charge in [0.05, 0.1) is 18.8 Å². The number of aliphatic hydroxyl groups excluding tert-OH is 1. The Bertz CT molecular complexity index is 1720. The Labute approximate surface area is 341 Å². The Balaban J connectivity index is 1.08. The third-order valence-electron chi connectivity index (χ3n) is 11.6. The van der Waals surface area contributed by atoms with Gasteiger partial charge < -0.3 is 24.8 Å². The summed E-state index contributed by atoms with van der Waals surface area (Å²) in [5.74, 6) is 0.732. The summed E-state index contributed by atoms with van der Waals surface area (Å²) in [4.78, 5) is 26.7. The smallest absolute Gasteiger partial charge is 0.225 e. The van der Waals surface area contributed by atoms with Gasteiger partial charge in [-0.2, -0.15) is 0 Å². The average Bonchev–Trinajstić information content (AvgIpc) is 3.26. The number of carbonyl (C=O) groups is 1. The number of ether oxygens (including phenoxy) is 2. The molecule has 4 unspecified atom stereocenters. The maximum Gasteiger partial charge on any atom is 0.225 e. The van der Waals surface area contributed by atoms with Crippen molar-refractivity contribution in [3.05, 3.63) is 120 Å². The molecule has 0 bridgehead atoms. The van der Waals surface area contributed by atoms with Crippen molar-refractivity contribution in [2.24, 2.45) is 0 Å². The first-order valence-electron chi connectivity index (χ1n) is 21.8. The molecule has 9 nitrogen and oxygen atoms in total. The number of carbonyl (C=O) groups excluding carboxylic acids is 1. The molecule has 0 radical (unpaired) electrons. The number of nitrogens with one attached hydrogen (secondary N) is 1. The summed E-state index contributed by atoms with van der Waals surface area (Å²) < 4.78 is 14.0. The molecule has 2 aliphatic heterocycles. The van der Waals surface area contributed by atoms with Crippen LogP contribution < -0.4 is 10.2 Å². The number of unbranched alkanes of at least 4 members (excludes halogenated alkanes) is 12. The number of hydrogen-bond acceptors (Lipinski definition) is 8. The maximum absolute atomic E-state index is 13.1. The van der Waals surface area contributed by atoms with E-state index in [2.05, 4.69) is 68.4 Å². The second-order valence-electron chi connectivity index (χ2n) is 15.9. The molecule has 1 amide bonds. The van der Waals surface area contributed by atoms with E-state index in [1.165, 1.54) is 70.6 Å². The van der Waals surface area contributed by atoms with E-state index in [1.807, 2.05) is 48.5 Å². The van der Waals surface area contributed by atoms with Gasteiger partial charge in [-0.05, 0) is 41.3 Å². The van der Waals surface area contributed by atoms with Gasteiger partial charge in [-0.3, -0.25) is 9.69 Å². The van der Waals surface area contributed by atoms with E-state index < -0.39 is 6.29 Å². The minimum absolute atomic E-state index is 0.0137. The zero-order valence-corrected chi connectivity index (χ0v) is 34.1. The van der Waals surface area contributed by atoms with Crippen molar-refractivity contribution in [1.29, 1.82) is 0 Å². The van der Waals surface area contributed by atoms with Gasteiger partial charge in [-0.1, -0.05) is 151 Å². The number of aromatic nitrogens is 2. The fourth-order valence-corrected chi connectivity index (χ4v) is 8.29. The lowest BCUT2D eigenvalue weighted by molar-refractivity contribution is -0.263. The summed E-state index contributed by atoms with van der Waals surface area (Å²) in [6, 6.07) is 28.4. The lowest BCUT2D eigenvalue weighted by Gasteiger charge is -2.45. The van der Waals surface area contributed by atoms with Crippen LogP contribution in [0.4, 0.5) is 11.6 Å². The number of amides is 1. The fourth-order valence-electron chi connectivity index (χ4n) is 8.29. The van der Waals surface area contributed by atoms with Crippen LogP contribution in [0, 0.1) is 0 Å². The van der Waals surface area contributed by atoms with Gasteiger partial charge in [-0.15, -0.1) is 0 Å². The van der Waals surface area contributed by atoms with Crippen LogP contribution in [0.3, 0.4) is 0 Å². The Hall–Kier alpha value is -4.15. The van der Waals surface area contributed by atoms with E-state index in [0.717, 1.165) is 79.5 Å². The molecule has 0 saturated carbocycles. The lowest BCUT2D eigenvalue weighted by Crippen LogP contribution is -2.51. The topological polar surface area (TPSA) is 100 Å². The van der Waals surface area contributed by atoms with Crippen LogP contribution >= 0.6 is 0 Å². The zero-order chi connectivity index (χ0) is 39.5.